The molecule has 1 aliphatic heterocycles. The smallest absolute Gasteiger partial charge is 0.128 e. The molecule has 0 spiro atoms. The summed E-state index contributed by atoms with van der Waals surface area (Å²) in [7, 11) is 0. The van der Waals surface area contributed by atoms with Gasteiger partial charge in [0, 0.05) is 0 Å². The van der Waals surface area contributed by atoms with Crippen molar-refractivity contribution < 1.29 is 0 Å². The van der Waals surface area contributed by atoms with Crippen LogP contribution in [0.3, 0.4) is 0 Å². The Bertz CT molecular complexity index is 383. The van der Waals surface area contributed by atoms with Gasteiger partial charge in [-0.05, 0) is 11.5 Å². The Balaban J connectivity index is 2.20. The first kappa shape index (κ1) is 8.94. The lowest BCUT2D eigenvalue weighted by Gasteiger charge is -2.02. The maximum atomic E-state index is 5.57. The number of amidine groups is 1. The average Bonchev–Trinajstić information content (AvgIpc) is 2.45. The van der Waals surface area contributed by atoms with Crippen molar-refractivity contribution in [1.29, 1.82) is 0 Å². The molecule has 1 aliphatic carbocycles. The molecule has 0 radical (unpaired) electrons. The van der Waals surface area contributed by atoms with E-state index in [0.717, 1.165) is 11.3 Å². The molecular formula is C11H13N3. The predicted molar refractivity (Wildman–Crippen MR) is 59.2 cm³/mol. The zero-order chi connectivity index (χ0) is 9.97. The summed E-state index contributed by atoms with van der Waals surface area (Å²) in [4.78, 5) is 0. The van der Waals surface area contributed by atoms with Crippen LogP contribution < -0.4 is 5.73 Å². The number of nitrogens with two attached hydrogens (primary N) is 1. The standard InChI is InChI=1S/C11H13N3/c1-8-4-2-3-5-9(6-8)10-7-11(12)14-13-10/h2-6,8H,7H2,1H3,(H2,12,14). The van der Waals surface area contributed by atoms with E-state index in [0.29, 0.717) is 18.2 Å². The van der Waals surface area contributed by atoms with Crippen molar-refractivity contribution in [3.63, 3.8) is 0 Å². The van der Waals surface area contributed by atoms with Crippen molar-refractivity contribution in [2.24, 2.45) is 21.9 Å². The molecule has 72 valence electrons. The number of nitrogens with zero attached hydrogens (tertiary/aromatic N) is 2. The number of allylic oxidation sites excluding steroid dienone is 6. The van der Waals surface area contributed by atoms with Crippen LogP contribution in [0.15, 0.2) is 46.2 Å². The van der Waals surface area contributed by atoms with E-state index < -0.39 is 0 Å². The van der Waals surface area contributed by atoms with E-state index in [1.807, 2.05) is 18.2 Å². The van der Waals surface area contributed by atoms with Gasteiger partial charge in [-0.3, -0.25) is 0 Å². The van der Waals surface area contributed by atoms with Gasteiger partial charge < -0.3 is 5.73 Å². The van der Waals surface area contributed by atoms with Crippen molar-refractivity contribution in [3.05, 3.63) is 36.0 Å². The Labute approximate surface area is 83.4 Å². The molecular weight excluding hydrogens is 174 g/mol. The van der Waals surface area contributed by atoms with Gasteiger partial charge in [0.05, 0.1) is 12.1 Å². The fraction of sp³-hybridized carbons (Fsp3) is 0.273. The predicted octanol–water partition coefficient (Wildman–Crippen LogP) is 1.79. The topological polar surface area (TPSA) is 50.7 Å². The first-order valence-electron chi connectivity index (χ1n) is 4.71. The third-order valence-electron chi connectivity index (χ3n) is 2.22. The van der Waals surface area contributed by atoms with E-state index in [4.69, 9.17) is 5.73 Å². The molecule has 1 heterocycles. The van der Waals surface area contributed by atoms with Crippen LogP contribution in [0.5, 0.6) is 0 Å². The molecule has 0 saturated carbocycles. The third-order valence-corrected chi connectivity index (χ3v) is 2.22. The van der Waals surface area contributed by atoms with E-state index in [9.17, 15) is 0 Å². The van der Waals surface area contributed by atoms with Crippen molar-refractivity contribution in [3.8, 4) is 0 Å². The molecule has 3 heteroatoms. The minimum atomic E-state index is 0.435. The van der Waals surface area contributed by atoms with Crippen LogP contribution in [0.25, 0.3) is 0 Å². The maximum absolute atomic E-state index is 5.57. The van der Waals surface area contributed by atoms with E-state index in [-0.39, 0.29) is 0 Å². The van der Waals surface area contributed by atoms with Gasteiger partial charge in [-0.1, -0.05) is 37.3 Å². The van der Waals surface area contributed by atoms with Crippen LogP contribution in [0, 0.1) is 5.92 Å². The molecule has 1 unspecified atom stereocenters. The lowest BCUT2D eigenvalue weighted by Crippen LogP contribution is -2.12. The zero-order valence-electron chi connectivity index (χ0n) is 8.14. The van der Waals surface area contributed by atoms with Crippen LogP contribution in [-0.2, 0) is 0 Å². The van der Waals surface area contributed by atoms with Crippen LogP contribution in [0.1, 0.15) is 13.3 Å². The Kier molecular flexibility index (Phi) is 2.31. The largest absolute Gasteiger partial charge is 0.385 e. The fourth-order valence-electron chi connectivity index (χ4n) is 1.51. The fourth-order valence-corrected chi connectivity index (χ4v) is 1.51. The van der Waals surface area contributed by atoms with Crippen LogP contribution in [-0.4, -0.2) is 11.5 Å². The number of rotatable bonds is 1. The summed E-state index contributed by atoms with van der Waals surface area (Å²) < 4.78 is 0. The normalized spacial score (nSPS) is 25.5. The molecule has 14 heavy (non-hydrogen) atoms. The number of hydrogen-bond donors (Lipinski definition) is 1. The van der Waals surface area contributed by atoms with Gasteiger partial charge in [0.25, 0.3) is 0 Å². The SMILES string of the molecule is CC1C=CC=CC(C2=NN=C(N)C2)=C1. The van der Waals surface area contributed by atoms with Gasteiger partial charge in [-0.2, -0.15) is 5.10 Å². The summed E-state index contributed by atoms with van der Waals surface area (Å²) in [5.41, 5.74) is 7.67. The first-order valence-corrected chi connectivity index (χ1v) is 4.71. The Morgan fingerprint density at radius 2 is 2.21 bits per heavy atom. The van der Waals surface area contributed by atoms with E-state index in [1.165, 1.54) is 0 Å². The van der Waals surface area contributed by atoms with Gasteiger partial charge in [-0.25, -0.2) is 0 Å². The summed E-state index contributed by atoms with van der Waals surface area (Å²) in [6.45, 7) is 2.14. The molecule has 0 aromatic carbocycles. The molecule has 3 nitrogen and oxygen atoms in total. The highest BCUT2D eigenvalue weighted by Crippen LogP contribution is 2.16. The van der Waals surface area contributed by atoms with Gasteiger partial charge >= 0.3 is 0 Å². The lowest BCUT2D eigenvalue weighted by molar-refractivity contribution is 0.938. The molecule has 0 fully saturated rings. The van der Waals surface area contributed by atoms with Gasteiger partial charge in [-0.15, -0.1) is 5.10 Å². The van der Waals surface area contributed by atoms with E-state index in [2.05, 4.69) is 29.3 Å². The van der Waals surface area contributed by atoms with Crippen LogP contribution >= 0.6 is 0 Å². The maximum Gasteiger partial charge on any atom is 0.128 e. The molecule has 2 aliphatic rings. The van der Waals surface area contributed by atoms with E-state index in [1.54, 1.807) is 0 Å². The zero-order valence-corrected chi connectivity index (χ0v) is 8.14. The highest BCUT2D eigenvalue weighted by Gasteiger charge is 2.13. The summed E-state index contributed by atoms with van der Waals surface area (Å²) in [6.07, 6.45) is 11.1. The average molecular weight is 187 g/mol. The Hall–Kier alpha value is -1.64. The summed E-state index contributed by atoms with van der Waals surface area (Å²) >= 11 is 0. The minimum Gasteiger partial charge on any atom is -0.385 e. The molecule has 0 amide bonds. The summed E-state index contributed by atoms with van der Waals surface area (Å²) in [5, 5.41) is 7.88. The minimum absolute atomic E-state index is 0.435. The first-order chi connectivity index (χ1) is 6.75. The van der Waals surface area contributed by atoms with Crippen molar-refractivity contribution >= 4 is 11.5 Å². The second kappa shape index (κ2) is 3.62. The molecule has 0 saturated heterocycles. The van der Waals surface area contributed by atoms with Crippen LogP contribution in [0.4, 0.5) is 0 Å². The third kappa shape index (κ3) is 1.82. The molecule has 1 atom stereocenters. The highest BCUT2D eigenvalue weighted by molar-refractivity contribution is 6.15. The number of hydrogen-bond acceptors (Lipinski definition) is 3. The van der Waals surface area contributed by atoms with Gasteiger partial charge in [0.15, 0.2) is 0 Å². The molecule has 0 aromatic heterocycles. The van der Waals surface area contributed by atoms with Gasteiger partial charge in [0.2, 0.25) is 0 Å². The van der Waals surface area contributed by atoms with E-state index >= 15 is 0 Å². The highest BCUT2D eigenvalue weighted by atomic mass is 15.3. The summed E-state index contributed by atoms with van der Waals surface area (Å²) in [5.74, 6) is 1.03. The Morgan fingerprint density at radius 3 is 2.93 bits per heavy atom. The Morgan fingerprint density at radius 1 is 1.36 bits per heavy atom. The van der Waals surface area contributed by atoms with Crippen LogP contribution in [0.2, 0.25) is 0 Å². The second-order valence-electron chi connectivity index (χ2n) is 3.54. The van der Waals surface area contributed by atoms with Crippen molar-refractivity contribution in [2.75, 3.05) is 0 Å². The molecule has 0 aromatic rings. The van der Waals surface area contributed by atoms with Crippen molar-refractivity contribution in [1.82, 2.24) is 0 Å². The molecule has 2 rings (SSSR count). The molecule has 2 N–H and O–H groups in total. The van der Waals surface area contributed by atoms with Gasteiger partial charge in [0.1, 0.15) is 5.84 Å². The second-order valence-corrected chi connectivity index (χ2v) is 3.54. The molecule has 0 bridgehead atoms. The quantitative estimate of drug-likeness (QED) is 0.668. The van der Waals surface area contributed by atoms with Crippen molar-refractivity contribution in [2.45, 2.75) is 13.3 Å². The lowest BCUT2D eigenvalue weighted by atomic mass is 10.0. The summed E-state index contributed by atoms with van der Waals surface area (Å²) in [6, 6.07) is 0. The monoisotopic (exact) mass is 187 g/mol.